The van der Waals surface area contributed by atoms with Crippen molar-refractivity contribution in [1.82, 2.24) is 4.98 Å². The van der Waals surface area contributed by atoms with Crippen molar-refractivity contribution in [2.75, 3.05) is 11.1 Å². The number of nitrogen functional groups attached to an aromatic ring is 1. The van der Waals surface area contributed by atoms with Gasteiger partial charge in [0.25, 0.3) is 0 Å². The molecule has 3 rings (SSSR count). The molecule has 1 heterocycles. The van der Waals surface area contributed by atoms with E-state index in [-0.39, 0.29) is 5.91 Å². The molecule has 0 saturated heterocycles. The molecule has 130 valence electrons. The summed E-state index contributed by atoms with van der Waals surface area (Å²) in [6.07, 6.45) is 3.33. The normalized spacial score (nSPS) is 9.84. The van der Waals surface area contributed by atoms with Crippen LogP contribution in [0.2, 0.25) is 0 Å². The zero-order valence-electron chi connectivity index (χ0n) is 14.5. The summed E-state index contributed by atoms with van der Waals surface area (Å²) in [7, 11) is 0. The lowest BCUT2D eigenvalue weighted by Gasteiger charge is -2.02. The van der Waals surface area contributed by atoms with Gasteiger partial charge in [-0.25, -0.2) is 4.98 Å². The van der Waals surface area contributed by atoms with Gasteiger partial charge in [0, 0.05) is 11.9 Å². The lowest BCUT2D eigenvalue weighted by Crippen LogP contribution is -2.14. The second kappa shape index (κ2) is 9.59. The number of carbonyl (C=O) groups excluding carboxylic acids is 1. The number of aromatic nitrogens is 1. The lowest BCUT2D eigenvalue weighted by molar-refractivity contribution is -0.115. The third-order valence-corrected chi connectivity index (χ3v) is 4.12. The highest BCUT2D eigenvalue weighted by Crippen LogP contribution is 2.28. The van der Waals surface area contributed by atoms with Gasteiger partial charge < -0.3 is 11.1 Å². The molecule has 1 aromatic heterocycles. The van der Waals surface area contributed by atoms with Crippen molar-refractivity contribution in [1.29, 1.82) is 0 Å². The van der Waals surface area contributed by atoms with Crippen molar-refractivity contribution in [2.24, 2.45) is 0 Å². The molecule has 4 nitrogen and oxygen atoms in total. The van der Waals surface area contributed by atoms with Gasteiger partial charge in [-0.3, -0.25) is 4.79 Å². The van der Waals surface area contributed by atoms with E-state index in [1.54, 1.807) is 18.3 Å². The van der Waals surface area contributed by atoms with Crippen molar-refractivity contribution < 1.29 is 4.79 Å². The van der Waals surface area contributed by atoms with Crippen LogP contribution in [0, 0.1) is 0 Å². The maximum Gasteiger partial charge on any atom is 0.230 e. The Morgan fingerprint density at radius 1 is 1.08 bits per heavy atom. The molecule has 0 atom stereocenters. The van der Waals surface area contributed by atoms with Crippen LogP contribution in [-0.2, 0) is 11.2 Å². The summed E-state index contributed by atoms with van der Waals surface area (Å²) in [5, 5.41) is 3.44. The lowest BCUT2D eigenvalue weighted by atomic mass is 10.1. The minimum atomic E-state index is -0.0845. The minimum absolute atomic E-state index is 0.0845. The molecule has 2 aromatic carbocycles. The SMILES string of the molecule is CCC.Nc1ccc(CC(=O)Nc2ncc(-c3ccccc3)s2)cc1. The summed E-state index contributed by atoms with van der Waals surface area (Å²) >= 11 is 1.46. The van der Waals surface area contributed by atoms with Crippen LogP contribution in [0.4, 0.5) is 10.8 Å². The van der Waals surface area contributed by atoms with Crippen molar-refractivity contribution in [2.45, 2.75) is 26.7 Å². The first-order valence-electron chi connectivity index (χ1n) is 8.27. The number of thiazole rings is 1. The molecular formula is C20H23N3OS. The average Bonchev–Trinajstić information content (AvgIpc) is 3.07. The van der Waals surface area contributed by atoms with Gasteiger partial charge in [0.1, 0.15) is 0 Å². The first-order chi connectivity index (χ1) is 12.1. The number of nitrogens with zero attached hydrogens (tertiary/aromatic N) is 1. The Morgan fingerprint density at radius 2 is 1.72 bits per heavy atom. The van der Waals surface area contributed by atoms with Crippen molar-refractivity contribution in [3.8, 4) is 10.4 Å². The van der Waals surface area contributed by atoms with E-state index < -0.39 is 0 Å². The molecule has 5 heteroatoms. The molecule has 0 aliphatic carbocycles. The highest BCUT2D eigenvalue weighted by Gasteiger charge is 2.08. The molecular weight excluding hydrogens is 330 g/mol. The average molecular weight is 353 g/mol. The maximum atomic E-state index is 12.0. The molecule has 0 fully saturated rings. The fourth-order valence-electron chi connectivity index (χ4n) is 2.05. The summed E-state index contributed by atoms with van der Waals surface area (Å²) in [4.78, 5) is 17.3. The van der Waals surface area contributed by atoms with Gasteiger partial charge in [-0.15, -0.1) is 0 Å². The molecule has 0 radical (unpaired) electrons. The standard InChI is InChI=1S/C17H15N3OS.C3H8/c18-14-8-6-12(7-9-14)10-16(21)20-17-19-11-15(22-17)13-4-2-1-3-5-13;1-3-2/h1-9,11H,10,18H2,(H,19,20,21);3H2,1-2H3. The number of nitrogens with two attached hydrogens (primary N) is 1. The van der Waals surface area contributed by atoms with Crippen molar-refractivity contribution >= 4 is 28.1 Å². The number of hydrogen-bond donors (Lipinski definition) is 2. The number of amides is 1. The Labute approximate surface area is 152 Å². The van der Waals surface area contributed by atoms with Crippen LogP contribution in [0.1, 0.15) is 25.8 Å². The Balaban J connectivity index is 0.000000701. The van der Waals surface area contributed by atoms with Gasteiger partial charge in [-0.05, 0) is 23.3 Å². The first kappa shape index (κ1) is 18.7. The fourth-order valence-corrected chi connectivity index (χ4v) is 2.89. The van der Waals surface area contributed by atoms with E-state index in [0.29, 0.717) is 17.2 Å². The van der Waals surface area contributed by atoms with Crippen molar-refractivity contribution in [3.05, 3.63) is 66.4 Å². The second-order valence-corrected chi connectivity index (χ2v) is 6.60. The molecule has 0 aliphatic rings. The van der Waals surface area contributed by atoms with Gasteiger partial charge >= 0.3 is 0 Å². The zero-order chi connectivity index (χ0) is 18.1. The number of anilines is 2. The van der Waals surface area contributed by atoms with E-state index >= 15 is 0 Å². The molecule has 0 saturated carbocycles. The highest BCUT2D eigenvalue weighted by atomic mass is 32.1. The summed E-state index contributed by atoms with van der Waals surface area (Å²) in [5.41, 5.74) is 8.34. The van der Waals surface area contributed by atoms with Crippen LogP contribution in [0.3, 0.4) is 0 Å². The van der Waals surface area contributed by atoms with Crippen LogP contribution < -0.4 is 11.1 Å². The van der Waals surface area contributed by atoms with Crippen LogP contribution in [-0.4, -0.2) is 10.9 Å². The molecule has 0 spiro atoms. The van der Waals surface area contributed by atoms with E-state index in [4.69, 9.17) is 5.73 Å². The molecule has 1 amide bonds. The topological polar surface area (TPSA) is 68.0 Å². The molecule has 0 bridgehead atoms. The largest absolute Gasteiger partial charge is 0.399 e. The predicted molar refractivity (Wildman–Crippen MR) is 107 cm³/mol. The quantitative estimate of drug-likeness (QED) is 0.649. The van der Waals surface area contributed by atoms with E-state index in [2.05, 4.69) is 24.1 Å². The molecule has 3 aromatic rings. The summed E-state index contributed by atoms with van der Waals surface area (Å²) in [5.74, 6) is -0.0845. The Kier molecular flexibility index (Phi) is 7.16. The summed E-state index contributed by atoms with van der Waals surface area (Å²) in [6.45, 7) is 4.25. The van der Waals surface area contributed by atoms with Crippen LogP contribution >= 0.6 is 11.3 Å². The minimum Gasteiger partial charge on any atom is -0.399 e. The number of nitrogens with one attached hydrogen (secondary N) is 1. The molecule has 0 unspecified atom stereocenters. The van der Waals surface area contributed by atoms with Gasteiger partial charge in [0.15, 0.2) is 5.13 Å². The number of rotatable bonds is 4. The van der Waals surface area contributed by atoms with Crippen LogP contribution in [0.15, 0.2) is 60.8 Å². The van der Waals surface area contributed by atoms with Gasteiger partial charge in [-0.1, -0.05) is 74.1 Å². The van der Waals surface area contributed by atoms with E-state index in [1.807, 2.05) is 42.5 Å². The number of carbonyl (C=O) groups is 1. The highest BCUT2D eigenvalue weighted by molar-refractivity contribution is 7.19. The smallest absolute Gasteiger partial charge is 0.230 e. The summed E-state index contributed by atoms with van der Waals surface area (Å²) < 4.78 is 0. The molecule has 25 heavy (non-hydrogen) atoms. The van der Waals surface area contributed by atoms with Crippen LogP contribution in [0.25, 0.3) is 10.4 Å². The number of benzene rings is 2. The zero-order valence-corrected chi connectivity index (χ0v) is 15.3. The predicted octanol–water partition coefficient (Wildman–Crippen LogP) is 4.99. The third-order valence-electron chi connectivity index (χ3n) is 3.15. The van der Waals surface area contributed by atoms with E-state index in [0.717, 1.165) is 16.0 Å². The maximum absolute atomic E-state index is 12.0. The molecule has 3 N–H and O–H groups in total. The Morgan fingerprint density at radius 3 is 2.36 bits per heavy atom. The van der Waals surface area contributed by atoms with Crippen LogP contribution in [0.5, 0.6) is 0 Å². The monoisotopic (exact) mass is 353 g/mol. The molecule has 0 aliphatic heterocycles. The number of hydrogen-bond acceptors (Lipinski definition) is 4. The summed E-state index contributed by atoms with van der Waals surface area (Å²) in [6, 6.07) is 17.3. The van der Waals surface area contributed by atoms with Gasteiger partial charge in [-0.2, -0.15) is 0 Å². The second-order valence-electron chi connectivity index (χ2n) is 5.57. The first-order valence-corrected chi connectivity index (χ1v) is 9.09. The van der Waals surface area contributed by atoms with E-state index in [1.165, 1.54) is 17.8 Å². The Bertz CT molecular complexity index is 782. The fraction of sp³-hybridized carbons (Fsp3) is 0.200. The van der Waals surface area contributed by atoms with Gasteiger partial charge in [0.2, 0.25) is 5.91 Å². The van der Waals surface area contributed by atoms with Crippen molar-refractivity contribution in [3.63, 3.8) is 0 Å². The third kappa shape index (κ3) is 6.04. The van der Waals surface area contributed by atoms with Gasteiger partial charge in [0.05, 0.1) is 11.3 Å². The van der Waals surface area contributed by atoms with E-state index in [9.17, 15) is 4.79 Å². The Hall–Kier alpha value is -2.66.